The van der Waals surface area contributed by atoms with Crippen LogP contribution in [0, 0.1) is 0 Å². The summed E-state index contributed by atoms with van der Waals surface area (Å²) in [6.07, 6.45) is 3.91. The molecule has 2 atom stereocenters. The molecule has 142 valence electrons. The van der Waals surface area contributed by atoms with Crippen LogP contribution in [0.2, 0.25) is 0 Å². The molecule has 0 bridgehead atoms. The molecule has 0 radical (unpaired) electrons. The first-order chi connectivity index (χ1) is 13.7. The number of hydrogen-bond donors (Lipinski definition) is 1. The van der Waals surface area contributed by atoms with Crippen LogP contribution in [-0.2, 0) is 11.3 Å². The van der Waals surface area contributed by atoms with Gasteiger partial charge in [-0.3, -0.25) is 9.88 Å². The zero-order valence-corrected chi connectivity index (χ0v) is 14.8. The highest BCUT2D eigenvalue weighted by atomic mass is 16.6. The molecule has 1 saturated heterocycles. The number of pyridine rings is 1. The number of ether oxygens (including phenoxy) is 2. The van der Waals surface area contributed by atoms with Crippen molar-refractivity contribution in [2.24, 2.45) is 0 Å². The van der Waals surface area contributed by atoms with E-state index in [0.717, 1.165) is 16.8 Å². The van der Waals surface area contributed by atoms with Gasteiger partial charge in [-0.15, -0.1) is 0 Å². The first-order valence-corrected chi connectivity index (χ1v) is 8.88. The molecule has 0 spiro atoms. The number of nitrogens with zero attached hydrogens (tertiary/aromatic N) is 5. The Morgan fingerprint density at radius 3 is 2.86 bits per heavy atom. The highest BCUT2D eigenvalue weighted by Crippen LogP contribution is 2.40. The summed E-state index contributed by atoms with van der Waals surface area (Å²) in [5, 5.41) is 13.5. The molecular formula is C19H17N5O4. The molecule has 2 aliphatic heterocycles. The van der Waals surface area contributed by atoms with Crippen LogP contribution in [0.25, 0.3) is 11.1 Å². The minimum atomic E-state index is -0.568. The largest absolute Gasteiger partial charge is 0.489 e. The van der Waals surface area contributed by atoms with Crippen LogP contribution in [-0.4, -0.2) is 56.3 Å². The molecule has 28 heavy (non-hydrogen) atoms. The Bertz CT molecular complexity index is 1010. The Labute approximate surface area is 160 Å². The van der Waals surface area contributed by atoms with E-state index in [4.69, 9.17) is 9.47 Å². The van der Waals surface area contributed by atoms with Gasteiger partial charge in [-0.25, -0.2) is 14.5 Å². The molecule has 2 aliphatic rings. The summed E-state index contributed by atoms with van der Waals surface area (Å²) in [6, 6.07) is 9.25. The molecule has 0 unspecified atom stereocenters. The molecule has 0 saturated carbocycles. The highest BCUT2D eigenvalue weighted by Gasteiger charge is 2.46. The van der Waals surface area contributed by atoms with Crippen molar-refractivity contribution in [2.45, 2.75) is 18.7 Å². The monoisotopic (exact) mass is 379 g/mol. The lowest BCUT2D eigenvalue weighted by Crippen LogP contribution is -2.45. The van der Waals surface area contributed by atoms with Gasteiger partial charge in [0.15, 0.2) is 6.10 Å². The maximum absolute atomic E-state index is 12.2. The zero-order valence-electron chi connectivity index (χ0n) is 14.8. The Morgan fingerprint density at radius 2 is 2.11 bits per heavy atom. The summed E-state index contributed by atoms with van der Waals surface area (Å²) in [5.41, 5.74) is 3.40. The van der Waals surface area contributed by atoms with Crippen LogP contribution in [0.3, 0.4) is 0 Å². The topological polar surface area (TPSA) is 103 Å². The zero-order chi connectivity index (χ0) is 19.1. The number of aliphatic hydroxyl groups excluding tert-OH is 1. The van der Waals surface area contributed by atoms with E-state index in [-0.39, 0.29) is 19.3 Å². The van der Waals surface area contributed by atoms with Gasteiger partial charge in [0.25, 0.3) is 0 Å². The number of cyclic esters (lactones) is 1. The number of hydrogen-bond acceptors (Lipinski definition) is 7. The second-order valence-corrected chi connectivity index (χ2v) is 6.67. The van der Waals surface area contributed by atoms with Gasteiger partial charge in [0.2, 0.25) is 0 Å². The summed E-state index contributed by atoms with van der Waals surface area (Å²) in [6.45, 7) is 0.608. The Kier molecular flexibility index (Phi) is 3.94. The second kappa shape index (κ2) is 6.61. The lowest BCUT2D eigenvalue weighted by molar-refractivity contribution is 0.0734. The molecule has 3 aromatic rings. The molecule has 0 aliphatic carbocycles. The third kappa shape index (κ3) is 2.76. The molecule has 1 amide bonds. The van der Waals surface area contributed by atoms with Gasteiger partial charge in [-0.1, -0.05) is 12.1 Å². The van der Waals surface area contributed by atoms with Gasteiger partial charge in [0.05, 0.1) is 24.5 Å². The van der Waals surface area contributed by atoms with E-state index in [2.05, 4.69) is 15.1 Å². The Balaban J connectivity index is 1.40. The van der Waals surface area contributed by atoms with E-state index in [1.54, 1.807) is 22.1 Å². The first-order valence-electron chi connectivity index (χ1n) is 8.88. The number of carbonyl (C=O) groups is 1. The van der Waals surface area contributed by atoms with Crippen LogP contribution >= 0.6 is 0 Å². The maximum Gasteiger partial charge on any atom is 0.415 e. The summed E-state index contributed by atoms with van der Waals surface area (Å²) in [7, 11) is 0. The van der Waals surface area contributed by atoms with Gasteiger partial charge in [-0.2, -0.15) is 5.10 Å². The van der Waals surface area contributed by atoms with Crippen molar-refractivity contribution < 1.29 is 19.4 Å². The number of fused-ring (bicyclic) bond motifs is 3. The van der Waals surface area contributed by atoms with Crippen LogP contribution in [0.1, 0.15) is 5.69 Å². The number of aliphatic hydroxyl groups is 1. The molecular weight excluding hydrogens is 362 g/mol. The molecule has 9 nitrogen and oxygen atoms in total. The quantitative estimate of drug-likeness (QED) is 0.732. The lowest BCUT2D eigenvalue weighted by Gasteiger charge is -2.31. The van der Waals surface area contributed by atoms with E-state index in [0.29, 0.717) is 18.0 Å². The first kappa shape index (κ1) is 16.7. The van der Waals surface area contributed by atoms with E-state index < -0.39 is 12.2 Å². The number of benzene rings is 1. The minimum Gasteiger partial charge on any atom is -0.489 e. The maximum atomic E-state index is 12.2. The van der Waals surface area contributed by atoms with Crippen LogP contribution in [0.5, 0.6) is 5.75 Å². The Hall–Kier alpha value is -3.46. The molecule has 9 heteroatoms. The molecule has 2 aromatic heterocycles. The predicted molar refractivity (Wildman–Crippen MR) is 97.9 cm³/mol. The van der Waals surface area contributed by atoms with E-state index in [1.807, 2.05) is 30.3 Å². The van der Waals surface area contributed by atoms with E-state index in [9.17, 15) is 9.90 Å². The average molecular weight is 379 g/mol. The van der Waals surface area contributed by atoms with Gasteiger partial charge in [0, 0.05) is 11.8 Å². The van der Waals surface area contributed by atoms with Crippen LogP contribution in [0.15, 0.2) is 49.2 Å². The summed E-state index contributed by atoms with van der Waals surface area (Å²) >= 11 is 0. The summed E-state index contributed by atoms with van der Waals surface area (Å²) < 4.78 is 12.8. The van der Waals surface area contributed by atoms with Crippen molar-refractivity contribution in [3.63, 3.8) is 0 Å². The van der Waals surface area contributed by atoms with Gasteiger partial charge < -0.3 is 14.6 Å². The summed E-state index contributed by atoms with van der Waals surface area (Å²) in [5.74, 6) is 0.607. The van der Waals surface area contributed by atoms with E-state index in [1.165, 1.54) is 6.33 Å². The molecule has 1 N–H and O–H groups in total. The van der Waals surface area contributed by atoms with Crippen LogP contribution in [0.4, 0.5) is 10.5 Å². The SMILES string of the molecule is O=C1O[C@@H](CO)[C@@H]2COc3cc(-c4ccc(Cn5cncn5)nc4)ccc3N12. The van der Waals surface area contributed by atoms with Crippen molar-refractivity contribution in [1.29, 1.82) is 0 Å². The average Bonchev–Trinajstić information content (AvgIpc) is 3.35. The molecule has 1 aromatic carbocycles. The van der Waals surface area contributed by atoms with Crippen LogP contribution < -0.4 is 9.64 Å². The van der Waals surface area contributed by atoms with Crippen molar-refractivity contribution in [1.82, 2.24) is 19.7 Å². The van der Waals surface area contributed by atoms with Crippen molar-refractivity contribution in [3.05, 3.63) is 54.9 Å². The van der Waals surface area contributed by atoms with Crippen molar-refractivity contribution >= 4 is 11.8 Å². The fourth-order valence-electron chi connectivity index (χ4n) is 3.54. The number of carbonyl (C=O) groups excluding carboxylic acids is 1. The molecule has 1 fully saturated rings. The number of amides is 1. The van der Waals surface area contributed by atoms with Gasteiger partial charge in [-0.05, 0) is 23.8 Å². The standard InChI is InChI=1S/C19H17N5O4/c25-8-18-16-9-27-17-5-12(2-4-15(17)24(16)19(26)28-18)13-1-3-14(21-6-13)7-23-11-20-10-22-23/h1-6,10-11,16,18,25H,7-9H2/t16-,18-/m0/s1. The smallest absolute Gasteiger partial charge is 0.415 e. The van der Waals surface area contributed by atoms with Gasteiger partial charge in [0.1, 0.15) is 31.1 Å². The van der Waals surface area contributed by atoms with Gasteiger partial charge >= 0.3 is 6.09 Å². The minimum absolute atomic E-state index is 0.226. The molecule has 5 rings (SSSR count). The van der Waals surface area contributed by atoms with Crippen molar-refractivity contribution in [2.75, 3.05) is 18.1 Å². The van der Waals surface area contributed by atoms with Crippen molar-refractivity contribution in [3.8, 4) is 16.9 Å². The number of anilines is 1. The Morgan fingerprint density at radius 1 is 1.21 bits per heavy atom. The highest BCUT2D eigenvalue weighted by molar-refractivity contribution is 5.94. The normalized spacial score (nSPS) is 20.3. The number of rotatable bonds is 4. The fraction of sp³-hybridized carbons (Fsp3) is 0.263. The predicted octanol–water partition coefficient (Wildman–Crippen LogP) is 1.47. The third-order valence-electron chi connectivity index (χ3n) is 4.97. The fourth-order valence-corrected chi connectivity index (χ4v) is 3.54. The lowest BCUT2D eigenvalue weighted by atomic mass is 10.0. The second-order valence-electron chi connectivity index (χ2n) is 6.67. The summed E-state index contributed by atoms with van der Waals surface area (Å²) in [4.78, 5) is 22.1. The molecule has 4 heterocycles. The van der Waals surface area contributed by atoms with E-state index >= 15 is 0 Å². The number of aromatic nitrogens is 4. The third-order valence-corrected chi connectivity index (χ3v) is 4.97.